The lowest BCUT2D eigenvalue weighted by Gasteiger charge is -2.18. The van der Waals surface area contributed by atoms with E-state index >= 15 is 0 Å². The number of nitrogens with zero attached hydrogens (tertiary/aromatic N) is 3. The van der Waals surface area contributed by atoms with E-state index in [-0.39, 0.29) is 12.0 Å². The number of hydrazine groups is 1. The monoisotopic (exact) mass is 503 g/mol. The van der Waals surface area contributed by atoms with E-state index in [1.54, 1.807) is 6.92 Å². The first-order valence-corrected chi connectivity index (χ1v) is 13.0. The molecule has 35 heavy (non-hydrogen) atoms. The number of anilines is 1. The van der Waals surface area contributed by atoms with E-state index in [9.17, 15) is 9.59 Å². The largest absolute Gasteiger partial charge is 0.489 e. The van der Waals surface area contributed by atoms with Crippen LogP contribution in [0.5, 0.6) is 5.75 Å². The number of carbonyl (C=O) groups is 2. The molecular weight excluding hydrogens is 482 g/mol. The SMILES string of the molecule is CC1=CC(=O)N(Nc2nc(-c3cccs3)nc3scc(-c4ccc(OC5CCNC5)cc4)c23)C1=O. The summed E-state index contributed by atoms with van der Waals surface area (Å²) in [5.41, 5.74) is 5.25. The van der Waals surface area contributed by atoms with Crippen LogP contribution < -0.4 is 15.5 Å². The molecule has 5 heterocycles. The molecule has 0 bridgehead atoms. The summed E-state index contributed by atoms with van der Waals surface area (Å²) in [6.45, 7) is 3.46. The highest BCUT2D eigenvalue weighted by Crippen LogP contribution is 2.39. The summed E-state index contributed by atoms with van der Waals surface area (Å²) in [7, 11) is 0. The van der Waals surface area contributed by atoms with Gasteiger partial charge < -0.3 is 10.1 Å². The van der Waals surface area contributed by atoms with Gasteiger partial charge in [0.2, 0.25) is 0 Å². The Morgan fingerprint density at radius 1 is 1.14 bits per heavy atom. The number of aromatic nitrogens is 2. The van der Waals surface area contributed by atoms with Gasteiger partial charge in [0.25, 0.3) is 11.8 Å². The molecule has 2 N–H and O–H groups in total. The van der Waals surface area contributed by atoms with Crippen molar-refractivity contribution >= 4 is 50.5 Å². The fourth-order valence-corrected chi connectivity index (χ4v) is 5.79. The molecule has 0 aliphatic carbocycles. The van der Waals surface area contributed by atoms with Crippen molar-refractivity contribution < 1.29 is 14.3 Å². The van der Waals surface area contributed by atoms with Gasteiger partial charge in [0, 0.05) is 29.1 Å². The number of ether oxygens (including phenoxy) is 1. The van der Waals surface area contributed by atoms with Crippen LogP contribution in [0.4, 0.5) is 5.82 Å². The average molecular weight is 504 g/mol. The van der Waals surface area contributed by atoms with Gasteiger partial charge >= 0.3 is 0 Å². The Morgan fingerprint density at radius 3 is 2.69 bits per heavy atom. The Bertz CT molecular complexity index is 1450. The van der Waals surface area contributed by atoms with E-state index in [0.29, 0.717) is 17.2 Å². The number of hydrogen-bond donors (Lipinski definition) is 2. The molecule has 3 aromatic heterocycles. The Labute approximate surface area is 209 Å². The maximum atomic E-state index is 12.6. The minimum atomic E-state index is -0.420. The number of rotatable bonds is 6. The summed E-state index contributed by atoms with van der Waals surface area (Å²) in [6.07, 6.45) is 2.51. The maximum Gasteiger partial charge on any atom is 0.275 e. The summed E-state index contributed by atoms with van der Waals surface area (Å²) < 4.78 is 6.06. The van der Waals surface area contributed by atoms with Crippen molar-refractivity contribution in [1.29, 1.82) is 0 Å². The Hall–Kier alpha value is -3.60. The van der Waals surface area contributed by atoms with Gasteiger partial charge in [0.1, 0.15) is 16.7 Å². The van der Waals surface area contributed by atoms with Gasteiger partial charge in [0.05, 0.1) is 10.3 Å². The minimum absolute atomic E-state index is 0.190. The van der Waals surface area contributed by atoms with Gasteiger partial charge in [-0.3, -0.25) is 15.0 Å². The van der Waals surface area contributed by atoms with E-state index in [1.807, 2.05) is 47.2 Å². The second-order valence-electron chi connectivity index (χ2n) is 8.38. The summed E-state index contributed by atoms with van der Waals surface area (Å²) in [6, 6.07) is 11.8. The topological polar surface area (TPSA) is 96.5 Å². The number of nitrogens with one attached hydrogen (secondary N) is 2. The van der Waals surface area contributed by atoms with Crippen LogP contribution in [0.2, 0.25) is 0 Å². The normalized spacial score (nSPS) is 17.9. The summed E-state index contributed by atoms with van der Waals surface area (Å²) in [5, 5.41) is 9.05. The van der Waals surface area contributed by atoms with Crippen molar-refractivity contribution in [2.45, 2.75) is 19.4 Å². The van der Waals surface area contributed by atoms with Gasteiger partial charge in [-0.2, -0.15) is 5.01 Å². The van der Waals surface area contributed by atoms with Crippen LogP contribution in [0.25, 0.3) is 32.0 Å². The van der Waals surface area contributed by atoms with Gasteiger partial charge in [-0.05, 0) is 49.0 Å². The van der Waals surface area contributed by atoms with Crippen molar-refractivity contribution in [3.05, 3.63) is 58.8 Å². The van der Waals surface area contributed by atoms with Crippen LogP contribution in [-0.2, 0) is 9.59 Å². The zero-order valence-electron chi connectivity index (χ0n) is 18.8. The molecule has 1 atom stereocenters. The second kappa shape index (κ2) is 8.88. The fraction of sp³-hybridized carbons (Fsp3) is 0.200. The quantitative estimate of drug-likeness (QED) is 0.375. The predicted octanol–water partition coefficient (Wildman–Crippen LogP) is 4.47. The number of amides is 2. The number of imide groups is 1. The molecule has 0 spiro atoms. The lowest BCUT2D eigenvalue weighted by molar-refractivity contribution is -0.135. The molecule has 176 valence electrons. The highest BCUT2D eigenvalue weighted by atomic mass is 32.1. The summed E-state index contributed by atoms with van der Waals surface area (Å²) in [4.78, 5) is 36.2. The van der Waals surface area contributed by atoms with E-state index in [1.165, 1.54) is 28.7 Å². The van der Waals surface area contributed by atoms with Crippen molar-refractivity contribution in [2.75, 3.05) is 18.5 Å². The second-order valence-corrected chi connectivity index (χ2v) is 10.2. The third kappa shape index (κ3) is 4.09. The van der Waals surface area contributed by atoms with Gasteiger partial charge in [0.15, 0.2) is 11.6 Å². The van der Waals surface area contributed by atoms with Gasteiger partial charge in [-0.1, -0.05) is 18.2 Å². The minimum Gasteiger partial charge on any atom is -0.489 e. The van der Waals surface area contributed by atoms with Crippen molar-refractivity contribution in [1.82, 2.24) is 20.3 Å². The number of benzene rings is 1. The van der Waals surface area contributed by atoms with Crippen LogP contribution in [0.1, 0.15) is 13.3 Å². The molecule has 1 unspecified atom stereocenters. The van der Waals surface area contributed by atoms with E-state index in [4.69, 9.17) is 14.7 Å². The van der Waals surface area contributed by atoms with E-state index < -0.39 is 5.91 Å². The van der Waals surface area contributed by atoms with Crippen LogP contribution in [0.15, 0.2) is 58.8 Å². The smallest absolute Gasteiger partial charge is 0.275 e. The molecule has 4 aromatic rings. The molecule has 1 saturated heterocycles. The lowest BCUT2D eigenvalue weighted by Crippen LogP contribution is -2.36. The molecular formula is C25H21N5O3S2. The Morgan fingerprint density at radius 2 is 2.00 bits per heavy atom. The van der Waals surface area contributed by atoms with Crippen LogP contribution >= 0.6 is 22.7 Å². The zero-order chi connectivity index (χ0) is 23.9. The third-order valence-corrected chi connectivity index (χ3v) is 7.71. The van der Waals surface area contributed by atoms with Crippen LogP contribution in [-0.4, -0.2) is 46.0 Å². The first-order valence-electron chi connectivity index (χ1n) is 11.2. The van der Waals surface area contributed by atoms with Gasteiger partial charge in [-0.15, -0.1) is 22.7 Å². The predicted molar refractivity (Wildman–Crippen MR) is 137 cm³/mol. The van der Waals surface area contributed by atoms with Gasteiger partial charge in [-0.25, -0.2) is 9.97 Å². The van der Waals surface area contributed by atoms with Crippen LogP contribution in [0, 0.1) is 0 Å². The Kier molecular flexibility index (Phi) is 5.56. The first-order chi connectivity index (χ1) is 17.1. The summed E-state index contributed by atoms with van der Waals surface area (Å²) >= 11 is 3.03. The molecule has 10 heteroatoms. The zero-order valence-corrected chi connectivity index (χ0v) is 20.4. The highest BCUT2D eigenvalue weighted by Gasteiger charge is 2.30. The molecule has 2 aliphatic heterocycles. The lowest BCUT2D eigenvalue weighted by atomic mass is 10.1. The molecule has 8 nitrogen and oxygen atoms in total. The molecule has 1 aromatic carbocycles. The highest BCUT2D eigenvalue weighted by molar-refractivity contribution is 7.17. The number of fused-ring (bicyclic) bond motifs is 1. The Balaban J connectivity index is 1.40. The van der Waals surface area contributed by atoms with Crippen molar-refractivity contribution in [3.8, 4) is 27.6 Å². The molecule has 2 amide bonds. The number of thiophene rings is 2. The molecule has 0 radical (unpaired) electrons. The molecule has 1 fully saturated rings. The summed E-state index contributed by atoms with van der Waals surface area (Å²) in [5.74, 6) is 0.972. The van der Waals surface area contributed by atoms with E-state index in [2.05, 4.69) is 10.7 Å². The third-order valence-electron chi connectivity index (χ3n) is 5.98. The van der Waals surface area contributed by atoms with Crippen molar-refractivity contribution in [3.63, 3.8) is 0 Å². The molecule has 6 rings (SSSR count). The first kappa shape index (κ1) is 21.9. The van der Waals surface area contributed by atoms with Crippen molar-refractivity contribution in [2.24, 2.45) is 0 Å². The molecule has 0 saturated carbocycles. The number of hydrogen-bond acceptors (Lipinski definition) is 9. The molecule has 2 aliphatic rings. The van der Waals surface area contributed by atoms with E-state index in [0.717, 1.165) is 56.5 Å². The average Bonchev–Trinajstić information content (AvgIpc) is 3.66. The fourth-order valence-electron chi connectivity index (χ4n) is 4.19. The standard InChI is InChI=1S/C25H21N5O3S2/c1-14-11-20(31)30(25(14)32)29-23-21-18(13-35-24(21)28-22(27-23)19-3-2-10-34-19)15-4-6-16(7-5-15)33-17-8-9-26-12-17/h2-7,10-11,13,17,26H,8-9,12H2,1H3,(H,27,28,29). The number of carbonyl (C=O) groups excluding carboxylic acids is 2. The van der Waals surface area contributed by atoms with Crippen LogP contribution in [0.3, 0.4) is 0 Å². The maximum absolute atomic E-state index is 12.6.